The van der Waals surface area contributed by atoms with Crippen LogP contribution in [0.15, 0.2) is 109 Å². The number of benzene rings is 4. The minimum Gasteiger partial charge on any atom is -0.376 e. The fraction of sp³-hybridized carbons (Fsp3) is 0.0968. The molecule has 2 heterocycles. The van der Waals surface area contributed by atoms with E-state index in [0.717, 1.165) is 44.3 Å². The molecule has 0 spiro atoms. The Morgan fingerprint density at radius 3 is 1.37 bits per heavy atom. The van der Waals surface area contributed by atoms with Gasteiger partial charge in [-0.15, -0.1) is 0 Å². The highest BCUT2D eigenvalue weighted by molar-refractivity contribution is 5.91. The van der Waals surface area contributed by atoms with E-state index < -0.39 is 5.41 Å². The van der Waals surface area contributed by atoms with E-state index in [4.69, 9.17) is 0 Å². The number of rotatable bonds is 4. The normalized spacial score (nSPS) is 13.9. The minimum atomic E-state index is -0.726. The molecule has 7 rings (SSSR count). The molecule has 0 unspecified atom stereocenters. The molecule has 0 fully saturated rings. The van der Waals surface area contributed by atoms with Crippen molar-refractivity contribution in [2.75, 3.05) is 0 Å². The van der Waals surface area contributed by atoms with Crippen LogP contribution in [0.1, 0.15) is 22.5 Å². The largest absolute Gasteiger partial charge is 0.376 e. The average molecular weight is 457 g/mol. The van der Waals surface area contributed by atoms with Gasteiger partial charge in [-0.1, -0.05) is 84.9 Å². The van der Waals surface area contributed by atoms with Gasteiger partial charge >= 0.3 is 0 Å². The second kappa shape index (κ2) is 7.44. The van der Waals surface area contributed by atoms with E-state index in [-0.39, 0.29) is 13.5 Å². The lowest BCUT2D eigenvalue weighted by Gasteiger charge is -2.34. The third kappa shape index (κ3) is 2.53. The summed E-state index contributed by atoms with van der Waals surface area (Å²) in [6, 6.07) is 37.8. The van der Waals surface area contributed by atoms with E-state index in [0.29, 0.717) is 0 Å². The van der Waals surface area contributed by atoms with Crippen molar-refractivity contribution in [1.82, 2.24) is 9.13 Å². The van der Waals surface area contributed by atoms with Gasteiger partial charge in [0, 0.05) is 11.4 Å². The number of aliphatic hydroxyl groups is 2. The summed E-state index contributed by atoms with van der Waals surface area (Å²) < 4.78 is 4.02. The molecular formula is C31H24N2O2. The van der Waals surface area contributed by atoms with Crippen molar-refractivity contribution in [2.45, 2.75) is 18.9 Å². The summed E-state index contributed by atoms with van der Waals surface area (Å²) >= 11 is 0. The van der Waals surface area contributed by atoms with Crippen LogP contribution in [0, 0.1) is 0 Å². The molecule has 1 aliphatic carbocycles. The molecule has 0 saturated carbocycles. The Hall–Kier alpha value is -4.12. The van der Waals surface area contributed by atoms with Gasteiger partial charge in [-0.05, 0) is 57.3 Å². The second-order valence-electron chi connectivity index (χ2n) is 9.16. The molecule has 35 heavy (non-hydrogen) atoms. The summed E-state index contributed by atoms with van der Waals surface area (Å²) in [5.41, 5.74) is 7.85. The molecule has 0 atom stereocenters. The standard InChI is InChI=1S/C31H24N2O2/c34-19-32-27-15-7-1-9-21(27)17-29(32)31(30-18-22-10-2-8-16-28(22)33(30)20-35)25-13-5-3-11-23(25)24-12-4-6-14-26(24)31/h1-18,34-35H,19-20H2. The first-order valence-corrected chi connectivity index (χ1v) is 11.9. The highest BCUT2D eigenvalue weighted by Crippen LogP contribution is 2.57. The van der Waals surface area contributed by atoms with E-state index in [2.05, 4.69) is 84.9 Å². The van der Waals surface area contributed by atoms with E-state index in [1.54, 1.807) is 0 Å². The van der Waals surface area contributed by atoms with Gasteiger partial charge in [-0.3, -0.25) is 0 Å². The number of aromatic nitrogens is 2. The molecule has 1 aliphatic rings. The SMILES string of the molecule is OCn1c(C2(c3cc4ccccc4n3CO)c3ccccc3-c3ccccc32)cc2ccccc21. The van der Waals surface area contributed by atoms with Crippen LogP contribution >= 0.6 is 0 Å². The van der Waals surface area contributed by atoms with Gasteiger partial charge in [0.1, 0.15) is 18.9 Å². The second-order valence-corrected chi connectivity index (χ2v) is 9.16. The molecule has 4 nitrogen and oxygen atoms in total. The number of hydrogen-bond donors (Lipinski definition) is 2. The fourth-order valence-corrected chi connectivity index (χ4v) is 6.27. The number of fused-ring (bicyclic) bond motifs is 5. The van der Waals surface area contributed by atoms with Crippen molar-refractivity contribution in [3.8, 4) is 11.1 Å². The number of hydrogen-bond acceptors (Lipinski definition) is 2. The summed E-state index contributed by atoms with van der Waals surface area (Å²) in [4.78, 5) is 0. The van der Waals surface area contributed by atoms with Crippen LogP contribution in [0.5, 0.6) is 0 Å². The van der Waals surface area contributed by atoms with E-state index in [9.17, 15) is 10.2 Å². The van der Waals surface area contributed by atoms with Crippen LogP contribution in [0.4, 0.5) is 0 Å². The molecule has 0 amide bonds. The maximum absolute atomic E-state index is 10.7. The molecule has 2 aromatic heterocycles. The Labute approximate surface area is 202 Å². The minimum absolute atomic E-state index is 0.145. The zero-order valence-corrected chi connectivity index (χ0v) is 19.1. The van der Waals surface area contributed by atoms with Crippen LogP contribution in [-0.4, -0.2) is 19.3 Å². The summed E-state index contributed by atoms with van der Waals surface area (Å²) in [7, 11) is 0. The van der Waals surface area contributed by atoms with Crippen LogP contribution in [0.2, 0.25) is 0 Å². The Morgan fingerprint density at radius 2 is 0.914 bits per heavy atom. The summed E-state index contributed by atoms with van der Waals surface area (Å²) in [6.45, 7) is -0.289. The van der Waals surface area contributed by atoms with Gasteiger partial charge < -0.3 is 19.3 Å². The van der Waals surface area contributed by atoms with Gasteiger partial charge in [-0.2, -0.15) is 0 Å². The lowest BCUT2D eigenvalue weighted by molar-refractivity contribution is 0.203. The zero-order valence-electron chi connectivity index (χ0n) is 19.1. The lowest BCUT2D eigenvalue weighted by Crippen LogP contribution is -2.34. The van der Waals surface area contributed by atoms with E-state index in [1.165, 1.54) is 11.1 Å². The van der Waals surface area contributed by atoms with Crippen molar-refractivity contribution in [3.05, 3.63) is 132 Å². The first kappa shape index (κ1) is 20.3. The summed E-state index contributed by atoms with van der Waals surface area (Å²) in [5.74, 6) is 0. The molecular weight excluding hydrogens is 432 g/mol. The van der Waals surface area contributed by atoms with Gasteiger partial charge in [0.05, 0.1) is 11.0 Å². The fourth-order valence-electron chi connectivity index (χ4n) is 6.27. The number of para-hydroxylation sites is 2. The van der Waals surface area contributed by atoms with Gasteiger partial charge in [-0.25, -0.2) is 0 Å². The van der Waals surface area contributed by atoms with Gasteiger partial charge in [0.25, 0.3) is 0 Å². The molecule has 0 saturated heterocycles. The van der Waals surface area contributed by atoms with Crippen LogP contribution < -0.4 is 0 Å². The molecule has 0 radical (unpaired) electrons. The maximum Gasteiger partial charge on any atom is 0.120 e. The Bertz CT molecular complexity index is 1610. The van der Waals surface area contributed by atoms with Crippen LogP contribution in [0.3, 0.4) is 0 Å². The van der Waals surface area contributed by atoms with E-state index in [1.807, 2.05) is 33.4 Å². The molecule has 170 valence electrons. The highest BCUT2D eigenvalue weighted by atomic mass is 16.3. The van der Waals surface area contributed by atoms with E-state index >= 15 is 0 Å². The molecule has 0 aliphatic heterocycles. The topological polar surface area (TPSA) is 50.3 Å². The first-order chi connectivity index (χ1) is 17.3. The predicted octanol–water partition coefficient (Wildman–Crippen LogP) is 5.86. The summed E-state index contributed by atoms with van der Waals surface area (Å²) in [5, 5.41) is 23.5. The third-order valence-electron chi connectivity index (χ3n) is 7.62. The number of aliphatic hydroxyl groups excluding tert-OH is 2. The monoisotopic (exact) mass is 456 g/mol. The van der Waals surface area contributed by atoms with Gasteiger partial charge in [0.15, 0.2) is 0 Å². The smallest absolute Gasteiger partial charge is 0.120 e. The zero-order chi connectivity index (χ0) is 23.6. The molecule has 4 heteroatoms. The molecule has 0 bridgehead atoms. The maximum atomic E-state index is 10.7. The Kier molecular flexibility index (Phi) is 4.31. The Morgan fingerprint density at radius 1 is 0.514 bits per heavy atom. The quantitative estimate of drug-likeness (QED) is 0.349. The molecule has 6 aromatic rings. The van der Waals surface area contributed by atoms with Crippen molar-refractivity contribution in [1.29, 1.82) is 0 Å². The lowest BCUT2D eigenvalue weighted by atomic mass is 9.72. The Balaban J connectivity index is 1.73. The van der Waals surface area contributed by atoms with Crippen LogP contribution in [0.25, 0.3) is 32.9 Å². The number of nitrogens with zero attached hydrogens (tertiary/aromatic N) is 2. The van der Waals surface area contributed by atoms with Crippen molar-refractivity contribution >= 4 is 21.8 Å². The third-order valence-corrected chi connectivity index (χ3v) is 7.62. The van der Waals surface area contributed by atoms with Crippen LogP contribution in [-0.2, 0) is 18.9 Å². The first-order valence-electron chi connectivity index (χ1n) is 11.9. The van der Waals surface area contributed by atoms with Gasteiger partial charge in [0.2, 0.25) is 0 Å². The summed E-state index contributed by atoms with van der Waals surface area (Å²) in [6.07, 6.45) is 0. The van der Waals surface area contributed by atoms with Crippen molar-refractivity contribution < 1.29 is 10.2 Å². The molecule has 2 N–H and O–H groups in total. The van der Waals surface area contributed by atoms with Crippen molar-refractivity contribution in [2.24, 2.45) is 0 Å². The van der Waals surface area contributed by atoms with Crippen molar-refractivity contribution in [3.63, 3.8) is 0 Å². The predicted molar refractivity (Wildman–Crippen MR) is 139 cm³/mol. The highest BCUT2D eigenvalue weighted by Gasteiger charge is 2.50. The average Bonchev–Trinajstić information content (AvgIpc) is 3.57. The molecule has 4 aromatic carbocycles.